The second-order valence-corrected chi connectivity index (χ2v) is 6.40. The summed E-state index contributed by atoms with van der Waals surface area (Å²) in [5.41, 5.74) is 4.76. The number of aryl methyl sites for hydroxylation is 3. The third kappa shape index (κ3) is 3.31. The van der Waals surface area contributed by atoms with Crippen LogP contribution in [0.3, 0.4) is 0 Å². The molecule has 1 aliphatic rings. The van der Waals surface area contributed by atoms with E-state index in [1.54, 1.807) is 24.3 Å². The van der Waals surface area contributed by atoms with Gasteiger partial charge in [-0.25, -0.2) is 0 Å². The number of anilines is 2. The zero-order chi connectivity index (χ0) is 18.1. The molecule has 0 atom stereocenters. The lowest BCUT2D eigenvalue weighted by atomic mass is 10.0. The highest BCUT2D eigenvalue weighted by Crippen LogP contribution is 2.25. The van der Waals surface area contributed by atoms with Crippen molar-refractivity contribution in [2.45, 2.75) is 33.6 Å². The molecule has 1 saturated heterocycles. The number of benzene rings is 2. The molecule has 2 aromatic carbocycles. The molecule has 0 aliphatic carbocycles. The van der Waals surface area contributed by atoms with Gasteiger partial charge < -0.3 is 5.32 Å². The van der Waals surface area contributed by atoms with E-state index in [0.717, 1.165) is 27.3 Å². The van der Waals surface area contributed by atoms with Gasteiger partial charge in [-0.15, -0.1) is 0 Å². The number of rotatable bonds is 3. The molecule has 0 aromatic heterocycles. The van der Waals surface area contributed by atoms with Crippen molar-refractivity contribution in [2.24, 2.45) is 0 Å². The van der Waals surface area contributed by atoms with E-state index in [1.165, 1.54) is 0 Å². The minimum absolute atomic E-state index is 0.219. The van der Waals surface area contributed by atoms with Crippen LogP contribution in [0.25, 0.3) is 0 Å². The van der Waals surface area contributed by atoms with E-state index in [4.69, 9.17) is 0 Å². The van der Waals surface area contributed by atoms with Crippen molar-refractivity contribution in [3.63, 3.8) is 0 Å². The van der Waals surface area contributed by atoms with Gasteiger partial charge in [0.25, 0.3) is 5.91 Å². The number of nitrogens with zero attached hydrogens (tertiary/aromatic N) is 1. The first-order chi connectivity index (χ1) is 11.9. The summed E-state index contributed by atoms with van der Waals surface area (Å²) in [7, 11) is 0. The molecule has 1 fully saturated rings. The molecule has 0 radical (unpaired) electrons. The summed E-state index contributed by atoms with van der Waals surface area (Å²) in [4.78, 5) is 37.6. The number of nitrogens with one attached hydrogen (secondary N) is 1. The lowest BCUT2D eigenvalue weighted by molar-refractivity contribution is -0.121. The minimum atomic E-state index is -0.268. The fourth-order valence-electron chi connectivity index (χ4n) is 3.21. The number of hydrogen-bond acceptors (Lipinski definition) is 3. The highest BCUT2D eigenvalue weighted by atomic mass is 16.2. The molecule has 0 bridgehead atoms. The fourth-order valence-corrected chi connectivity index (χ4v) is 3.21. The van der Waals surface area contributed by atoms with Gasteiger partial charge in [-0.1, -0.05) is 23.8 Å². The van der Waals surface area contributed by atoms with Crippen molar-refractivity contribution in [3.8, 4) is 0 Å². The fraction of sp³-hybridized carbons (Fsp3) is 0.250. The summed E-state index contributed by atoms with van der Waals surface area (Å²) in [6.07, 6.45) is 0.439. The van der Waals surface area contributed by atoms with Crippen LogP contribution in [0, 0.1) is 20.8 Å². The molecule has 0 unspecified atom stereocenters. The van der Waals surface area contributed by atoms with Crippen LogP contribution < -0.4 is 10.2 Å². The minimum Gasteiger partial charge on any atom is -0.322 e. The van der Waals surface area contributed by atoms with Crippen LogP contribution in [0.1, 0.15) is 39.9 Å². The largest absolute Gasteiger partial charge is 0.322 e. The van der Waals surface area contributed by atoms with Crippen molar-refractivity contribution < 1.29 is 14.4 Å². The first-order valence-corrected chi connectivity index (χ1v) is 8.22. The Balaban J connectivity index is 1.88. The van der Waals surface area contributed by atoms with Crippen LogP contribution in [-0.4, -0.2) is 17.7 Å². The molecule has 2 aromatic rings. The normalized spacial score (nSPS) is 14.1. The van der Waals surface area contributed by atoms with E-state index >= 15 is 0 Å². The Morgan fingerprint density at radius 1 is 0.960 bits per heavy atom. The van der Waals surface area contributed by atoms with E-state index in [2.05, 4.69) is 5.32 Å². The zero-order valence-corrected chi connectivity index (χ0v) is 14.6. The Hall–Kier alpha value is -2.95. The summed E-state index contributed by atoms with van der Waals surface area (Å²) in [5, 5.41) is 2.93. The average molecular weight is 336 g/mol. The number of imide groups is 1. The van der Waals surface area contributed by atoms with Crippen molar-refractivity contribution in [1.82, 2.24) is 0 Å². The molecule has 0 spiro atoms. The van der Waals surface area contributed by atoms with Gasteiger partial charge in [0.05, 0.1) is 5.69 Å². The first kappa shape index (κ1) is 16.9. The molecule has 1 N–H and O–H groups in total. The molecular formula is C20H20N2O3. The average Bonchev–Trinajstić information content (AvgIpc) is 2.89. The van der Waals surface area contributed by atoms with Crippen LogP contribution >= 0.6 is 0 Å². The summed E-state index contributed by atoms with van der Waals surface area (Å²) in [5.74, 6) is -0.725. The maximum absolute atomic E-state index is 12.6. The summed E-state index contributed by atoms with van der Waals surface area (Å²) in [6, 6.07) is 10.6. The van der Waals surface area contributed by atoms with Gasteiger partial charge in [-0.05, 0) is 50.1 Å². The van der Waals surface area contributed by atoms with Gasteiger partial charge in [0.2, 0.25) is 11.8 Å². The first-order valence-electron chi connectivity index (χ1n) is 8.22. The summed E-state index contributed by atoms with van der Waals surface area (Å²) < 4.78 is 0. The van der Waals surface area contributed by atoms with Gasteiger partial charge in [0, 0.05) is 24.1 Å². The predicted octanol–water partition coefficient (Wildman–Crippen LogP) is 3.52. The van der Waals surface area contributed by atoms with Crippen LogP contribution in [0.5, 0.6) is 0 Å². The van der Waals surface area contributed by atoms with Crippen molar-refractivity contribution in [3.05, 3.63) is 58.7 Å². The molecule has 3 rings (SSSR count). The third-order valence-electron chi connectivity index (χ3n) is 4.33. The maximum atomic E-state index is 12.6. The van der Waals surface area contributed by atoms with Crippen molar-refractivity contribution in [1.29, 1.82) is 0 Å². The molecule has 0 saturated carbocycles. The Morgan fingerprint density at radius 2 is 1.56 bits per heavy atom. The van der Waals surface area contributed by atoms with Crippen molar-refractivity contribution >= 4 is 29.1 Å². The number of amides is 3. The van der Waals surface area contributed by atoms with Crippen molar-refractivity contribution in [2.75, 3.05) is 10.2 Å². The van der Waals surface area contributed by atoms with Crippen LogP contribution in [-0.2, 0) is 9.59 Å². The predicted molar refractivity (Wildman–Crippen MR) is 96.8 cm³/mol. The quantitative estimate of drug-likeness (QED) is 0.872. The third-order valence-corrected chi connectivity index (χ3v) is 4.33. The molecule has 5 heteroatoms. The standard InChI is InChI=1S/C20H20N2O3/c1-12-9-13(2)19(14(3)10-12)21-20(25)15-5-4-6-16(11-15)22-17(23)7-8-18(22)24/h4-6,9-11H,7-8H2,1-3H3,(H,21,25). The van der Waals surface area contributed by atoms with E-state index < -0.39 is 0 Å². The van der Waals surface area contributed by atoms with E-state index in [-0.39, 0.29) is 30.6 Å². The Labute approximate surface area is 146 Å². The highest BCUT2D eigenvalue weighted by Gasteiger charge is 2.30. The summed E-state index contributed by atoms with van der Waals surface area (Å²) >= 11 is 0. The molecule has 1 heterocycles. The van der Waals surface area contributed by atoms with Gasteiger partial charge in [-0.3, -0.25) is 19.3 Å². The van der Waals surface area contributed by atoms with E-state index in [0.29, 0.717) is 11.3 Å². The lowest BCUT2D eigenvalue weighted by Gasteiger charge is -2.16. The lowest BCUT2D eigenvalue weighted by Crippen LogP contribution is -2.28. The topological polar surface area (TPSA) is 66.5 Å². The Bertz CT molecular complexity index is 847. The number of carbonyl (C=O) groups is 3. The Kier molecular flexibility index (Phi) is 4.40. The van der Waals surface area contributed by atoms with E-state index in [1.807, 2.05) is 32.9 Å². The molecular weight excluding hydrogens is 316 g/mol. The van der Waals surface area contributed by atoms with Gasteiger partial charge >= 0.3 is 0 Å². The van der Waals surface area contributed by atoms with Gasteiger partial charge in [-0.2, -0.15) is 0 Å². The monoisotopic (exact) mass is 336 g/mol. The molecule has 3 amide bonds. The van der Waals surface area contributed by atoms with Crippen LogP contribution in [0.15, 0.2) is 36.4 Å². The van der Waals surface area contributed by atoms with Crippen LogP contribution in [0.4, 0.5) is 11.4 Å². The molecule has 5 nitrogen and oxygen atoms in total. The number of carbonyl (C=O) groups excluding carboxylic acids is 3. The van der Waals surface area contributed by atoms with Gasteiger partial charge in [0.15, 0.2) is 0 Å². The van der Waals surface area contributed by atoms with Gasteiger partial charge in [0.1, 0.15) is 0 Å². The SMILES string of the molecule is Cc1cc(C)c(NC(=O)c2cccc(N3C(=O)CCC3=O)c2)c(C)c1. The van der Waals surface area contributed by atoms with Crippen LogP contribution in [0.2, 0.25) is 0 Å². The van der Waals surface area contributed by atoms with E-state index in [9.17, 15) is 14.4 Å². The molecule has 25 heavy (non-hydrogen) atoms. The maximum Gasteiger partial charge on any atom is 0.255 e. The molecule has 128 valence electrons. The number of hydrogen-bond donors (Lipinski definition) is 1. The smallest absolute Gasteiger partial charge is 0.255 e. The second-order valence-electron chi connectivity index (χ2n) is 6.40. The second kappa shape index (κ2) is 6.51. The Morgan fingerprint density at radius 3 is 2.16 bits per heavy atom. The highest BCUT2D eigenvalue weighted by molar-refractivity contribution is 6.20. The summed E-state index contributed by atoms with van der Waals surface area (Å²) in [6.45, 7) is 5.92. The molecule has 1 aliphatic heterocycles. The zero-order valence-electron chi connectivity index (χ0n) is 14.6.